The first kappa shape index (κ1) is 15.0. The molecule has 1 aromatic heterocycles. The van der Waals surface area contributed by atoms with Crippen LogP contribution in [0.2, 0.25) is 5.02 Å². The summed E-state index contributed by atoms with van der Waals surface area (Å²) in [6, 6.07) is 14.9. The summed E-state index contributed by atoms with van der Waals surface area (Å²) in [4.78, 5) is 4.43. The van der Waals surface area contributed by atoms with E-state index in [1.165, 1.54) is 0 Å². The van der Waals surface area contributed by atoms with Gasteiger partial charge < -0.3 is 10.2 Å². The molecule has 2 N–H and O–H groups in total. The number of hydrogen-bond donors (Lipinski definition) is 2. The molecule has 2 heterocycles. The van der Waals surface area contributed by atoms with Gasteiger partial charge in [-0.15, -0.1) is 10.2 Å². The van der Waals surface area contributed by atoms with Crippen LogP contribution in [0.25, 0.3) is 5.69 Å². The van der Waals surface area contributed by atoms with Crippen molar-refractivity contribution in [2.45, 2.75) is 12.8 Å². The lowest BCUT2D eigenvalue weighted by Crippen LogP contribution is -2.09. The van der Waals surface area contributed by atoms with Gasteiger partial charge in [0.05, 0.1) is 11.4 Å². The van der Waals surface area contributed by atoms with Crippen LogP contribution in [0.4, 0.5) is 0 Å². The number of hydrogen-bond acceptors (Lipinski definition) is 5. The van der Waals surface area contributed by atoms with Crippen LogP contribution in [0.15, 0.2) is 53.5 Å². The van der Waals surface area contributed by atoms with Gasteiger partial charge in [-0.05, 0) is 18.2 Å². The van der Waals surface area contributed by atoms with E-state index in [1.54, 1.807) is 22.8 Å². The van der Waals surface area contributed by atoms with Crippen LogP contribution in [0.1, 0.15) is 29.0 Å². The zero-order valence-electron chi connectivity index (χ0n) is 12.5. The van der Waals surface area contributed by atoms with E-state index in [0.717, 1.165) is 11.1 Å². The third-order valence-corrected chi connectivity index (χ3v) is 4.12. The Morgan fingerprint density at radius 2 is 1.88 bits per heavy atom. The SMILES string of the molecule is OCc1nnc2n1-c1ccc(Cl)cc1C(c1ccccc1)=NC2O. The van der Waals surface area contributed by atoms with Gasteiger partial charge >= 0.3 is 0 Å². The molecular weight excluding hydrogens is 328 g/mol. The van der Waals surface area contributed by atoms with Gasteiger partial charge in [-0.3, -0.25) is 4.57 Å². The first-order chi connectivity index (χ1) is 11.7. The molecule has 1 unspecified atom stereocenters. The lowest BCUT2D eigenvalue weighted by Gasteiger charge is -2.13. The third-order valence-electron chi connectivity index (χ3n) is 3.88. The minimum Gasteiger partial charge on any atom is -0.388 e. The molecule has 6 nitrogen and oxygen atoms in total. The van der Waals surface area contributed by atoms with E-state index in [2.05, 4.69) is 15.2 Å². The number of nitrogens with zero attached hydrogens (tertiary/aromatic N) is 4. The minimum atomic E-state index is -1.20. The smallest absolute Gasteiger partial charge is 0.207 e. The summed E-state index contributed by atoms with van der Waals surface area (Å²) in [5.41, 5.74) is 2.91. The molecule has 0 saturated heterocycles. The molecule has 1 aliphatic heterocycles. The molecule has 1 atom stereocenters. The predicted molar refractivity (Wildman–Crippen MR) is 89.3 cm³/mol. The van der Waals surface area contributed by atoms with Crippen molar-refractivity contribution in [2.75, 3.05) is 0 Å². The van der Waals surface area contributed by atoms with Crippen molar-refractivity contribution in [1.29, 1.82) is 0 Å². The van der Waals surface area contributed by atoms with Gasteiger partial charge in [-0.1, -0.05) is 41.9 Å². The largest absolute Gasteiger partial charge is 0.388 e. The maximum Gasteiger partial charge on any atom is 0.207 e. The lowest BCUT2D eigenvalue weighted by atomic mass is 10.0. The topological polar surface area (TPSA) is 83.5 Å². The number of halogens is 1. The molecule has 0 spiro atoms. The molecule has 2 aromatic carbocycles. The molecule has 1 aliphatic rings. The summed E-state index contributed by atoms with van der Waals surface area (Å²) in [6.07, 6.45) is -1.20. The van der Waals surface area contributed by atoms with Crippen LogP contribution in [0.3, 0.4) is 0 Å². The van der Waals surface area contributed by atoms with Gasteiger partial charge in [0.2, 0.25) is 6.23 Å². The van der Waals surface area contributed by atoms with E-state index in [-0.39, 0.29) is 12.4 Å². The number of benzene rings is 2. The molecule has 24 heavy (non-hydrogen) atoms. The number of rotatable bonds is 2. The van der Waals surface area contributed by atoms with Crippen LogP contribution in [-0.2, 0) is 6.61 Å². The third kappa shape index (κ3) is 2.32. The zero-order chi connectivity index (χ0) is 16.7. The Labute approximate surface area is 142 Å². The maximum absolute atomic E-state index is 10.5. The number of fused-ring (bicyclic) bond motifs is 3. The number of aliphatic imine (C=N–C) groups is 1. The fraction of sp³-hybridized carbons (Fsp3) is 0.118. The molecule has 0 bridgehead atoms. The molecule has 120 valence electrons. The van der Waals surface area contributed by atoms with Gasteiger partial charge in [0.25, 0.3) is 0 Å². The monoisotopic (exact) mass is 340 g/mol. The molecule has 0 saturated carbocycles. The summed E-state index contributed by atoms with van der Waals surface area (Å²) < 4.78 is 1.62. The van der Waals surface area contributed by atoms with Crippen molar-refractivity contribution in [1.82, 2.24) is 14.8 Å². The van der Waals surface area contributed by atoms with E-state index in [9.17, 15) is 10.2 Å². The van der Waals surface area contributed by atoms with Gasteiger partial charge in [-0.2, -0.15) is 0 Å². The Hall–Kier alpha value is -2.54. The highest BCUT2D eigenvalue weighted by molar-refractivity contribution is 6.31. The Bertz CT molecular complexity index is 937. The summed E-state index contributed by atoms with van der Waals surface area (Å²) >= 11 is 6.19. The molecule has 0 amide bonds. The molecule has 0 fully saturated rings. The maximum atomic E-state index is 10.5. The highest BCUT2D eigenvalue weighted by Crippen LogP contribution is 2.31. The van der Waals surface area contributed by atoms with E-state index in [4.69, 9.17) is 11.6 Å². The van der Waals surface area contributed by atoms with E-state index < -0.39 is 6.23 Å². The lowest BCUT2D eigenvalue weighted by molar-refractivity contribution is 0.176. The summed E-state index contributed by atoms with van der Waals surface area (Å²) in [7, 11) is 0. The Morgan fingerprint density at radius 1 is 1.08 bits per heavy atom. The second-order valence-electron chi connectivity index (χ2n) is 5.35. The van der Waals surface area contributed by atoms with Crippen molar-refractivity contribution in [3.05, 3.63) is 76.3 Å². The molecule has 3 aromatic rings. The second kappa shape index (κ2) is 5.83. The zero-order valence-corrected chi connectivity index (χ0v) is 13.2. The second-order valence-corrected chi connectivity index (χ2v) is 5.78. The molecule has 7 heteroatoms. The van der Waals surface area contributed by atoms with Crippen LogP contribution in [0.5, 0.6) is 0 Å². The number of aromatic nitrogens is 3. The Kier molecular flexibility index (Phi) is 3.65. The van der Waals surface area contributed by atoms with Crippen molar-refractivity contribution in [2.24, 2.45) is 4.99 Å². The van der Waals surface area contributed by atoms with Gasteiger partial charge in [0.15, 0.2) is 11.6 Å². The molecular formula is C17H13ClN4O2. The predicted octanol–water partition coefficient (Wildman–Crippen LogP) is 2.25. The van der Waals surface area contributed by atoms with Crippen molar-refractivity contribution < 1.29 is 10.2 Å². The van der Waals surface area contributed by atoms with Gasteiger partial charge in [0.1, 0.15) is 6.61 Å². The Morgan fingerprint density at radius 3 is 2.62 bits per heavy atom. The Balaban J connectivity index is 2.04. The molecule has 0 radical (unpaired) electrons. The van der Waals surface area contributed by atoms with Crippen LogP contribution < -0.4 is 0 Å². The van der Waals surface area contributed by atoms with Crippen molar-refractivity contribution in [3.8, 4) is 5.69 Å². The number of aliphatic hydroxyl groups is 2. The fourth-order valence-electron chi connectivity index (χ4n) is 2.83. The standard InChI is InChI=1S/C17H13ClN4O2/c18-11-6-7-13-12(8-11)15(10-4-2-1-3-5-10)19-17(24)16-21-20-14(9-23)22(13)16/h1-8,17,23-24H,9H2. The molecule has 0 aliphatic carbocycles. The highest BCUT2D eigenvalue weighted by Gasteiger charge is 2.27. The quantitative estimate of drug-likeness (QED) is 0.749. The number of aliphatic hydroxyl groups excluding tert-OH is 2. The molecule has 4 rings (SSSR count). The normalized spacial score (nSPS) is 16.1. The van der Waals surface area contributed by atoms with Crippen molar-refractivity contribution >= 4 is 17.3 Å². The van der Waals surface area contributed by atoms with E-state index >= 15 is 0 Å². The van der Waals surface area contributed by atoms with E-state index in [0.29, 0.717) is 22.2 Å². The van der Waals surface area contributed by atoms with Gasteiger partial charge in [0, 0.05) is 16.1 Å². The fourth-order valence-corrected chi connectivity index (χ4v) is 3.00. The van der Waals surface area contributed by atoms with Crippen molar-refractivity contribution in [3.63, 3.8) is 0 Å². The van der Waals surface area contributed by atoms with Gasteiger partial charge in [-0.25, -0.2) is 4.99 Å². The van der Waals surface area contributed by atoms with Crippen LogP contribution in [-0.4, -0.2) is 30.7 Å². The van der Waals surface area contributed by atoms with Crippen LogP contribution >= 0.6 is 11.6 Å². The summed E-state index contributed by atoms with van der Waals surface area (Å²) in [6.45, 7) is -0.303. The van der Waals surface area contributed by atoms with E-state index in [1.807, 2.05) is 30.3 Å². The average molecular weight is 341 g/mol. The first-order valence-electron chi connectivity index (χ1n) is 7.35. The summed E-state index contributed by atoms with van der Waals surface area (Å²) in [5.74, 6) is 0.589. The van der Waals surface area contributed by atoms with Crippen LogP contribution in [0, 0.1) is 0 Å². The minimum absolute atomic E-state index is 0.258. The highest BCUT2D eigenvalue weighted by atomic mass is 35.5. The first-order valence-corrected chi connectivity index (χ1v) is 7.73. The summed E-state index contributed by atoms with van der Waals surface area (Å²) in [5, 5.41) is 28.5. The average Bonchev–Trinajstić information content (AvgIpc) is 2.99.